The minimum absolute atomic E-state index is 0.00763. The molecule has 96 valence electrons. The first-order valence-electron chi connectivity index (χ1n) is 6.14. The highest BCUT2D eigenvalue weighted by molar-refractivity contribution is 7.12. The summed E-state index contributed by atoms with van der Waals surface area (Å²) >= 11 is 1.75. The van der Waals surface area contributed by atoms with Gasteiger partial charge in [0.25, 0.3) is 0 Å². The van der Waals surface area contributed by atoms with Crippen molar-refractivity contribution in [3.63, 3.8) is 0 Å². The number of hydrogen-bond acceptors (Lipinski definition) is 3. The molecule has 2 nitrogen and oxygen atoms in total. The third-order valence-electron chi connectivity index (χ3n) is 2.79. The van der Waals surface area contributed by atoms with E-state index in [1.165, 1.54) is 15.3 Å². The lowest BCUT2D eigenvalue weighted by Crippen LogP contribution is -2.26. The van der Waals surface area contributed by atoms with Crippen LogP contribution >= 0.6 is 11.3 Å². The SMILES string of the molecule is Cc1ccc(C(OCc2ccccc2)C(C)N)s1. The molecule has 0 aliphatic heterocycles. The zero-order chi connectivity index (χ0) is 13.0. The van der Waals surface area contributed by atoms with Crippen LogP contribution in [0.4, 0.5) is 0 Å². The van der Waals surface area contributed by atoms with Crippen molar-refractivity contribution >= 4 is 11.3 Å². The van der Waals surface area contributed by atoms with E-state index >= 15 is 0 Å². The van der Waals surface area contributed by atoms with Crippen LogP contribution in [0.5, 0.6) is 0 Å². The molecule has 1 aromatic carbocycles. The van der Waals surface area contributed by atoms with Crippen molar-refractivity contribution in [2.75, 3.05) is 0 Å². The molecule has 2 unspecified atom stereocenters. The van der Waals surface area contributed by atoms with Crippen LogP contribution in [0.1, 0.15) is 28.3 Å². The van der Waals surface area contributed by atoms with Gasteiger partial charge in [-0.1, -0.05) is 30.3 Å². The summed E-state index contributed by atoms with van der Waals surface area (Å²) in [5, 5.41) is 0. The molecule has 1 aromatic heterocycles. The molecule has 0 aliphatic rings. The fourth-order valence-electron chi connectivity index (χ4n) is 1.86. The minimum atomic E-state index is -0.0242. The molecule has 0 fully saturated rings. The van der Waals surface area contributed by atoms with E-state index in [0.29, 0.717) is 6.61 Å². The summed E-state index contributed by atoms with van der Waals surface area (Å²) in [4.78, 5) is 2.50. The Hall–Kier alpha value is -1.16. The highest BCUT2D eigenvalue weighted by Gasteiger charge is 2.18. The molecule has 0 bridgehead atoms. The maximum atomic E-state index is 6.02. The van der Waals surface area contributed by atoms with Crippen LogP contribution in [0.2, 0.25) is 0 Å². The summed E-state index contributed by atoms with van der Waals surface area (Å²) in [7, 11) is 0. The average molecular weight is 261 g/mol. The molecule has 1 heterocycles. The molecule has 18 heavy (non-hydrogen) atoms. The Balaban J connectivity index is 2.04. The van der Waals surface area contributed by atoms with Crippen molar-refractivity contribution < 1.29 is 4.74 Å². The quantitative estimate of drug-likeness (QED) is 0.891. The molecule has 2 atom stereocenters. The van der Waals surface area contributed by atoms with E-state index in [2.05, 4.69) is 31.2 Å². The number of benzene rings is 1. The lowest BCUT2D eigenvalue weighted by atomic mass is 10.1. The molecule has 0 radical (unpaired) electrons. The van der Waals surface area contributed by atoms with Gasteiger partial charge in [-0.3, -0.25) is 0 Å². The monoisotopic (exact) mass is 261 g/mol. The predicted molar refractivity (Wildman–Crippen MR) is 76.7 cm³/mol. The summed E-state index contributed by atoms with van der Waals surface area (Å²) in [5.74, 6) is 0. The number of hydrogen-bond donors (Lipinski definition) is 1. The van der Waals surface area contributed by atoms with Crippen LogP contribution in [0.3, 0.4) is 0 Å². The number of ether oxygens (including phenoxy) is 1. The molecule has 0 spiro atoms. The van der Waals surface area contributed by atoms with Gasteiger partial charge >= 0.3 is 0 Å². The third kappa shape index (κ3) is 3.42. The van der Waals surface area contributed by atoms with Crippen molar-refractivity contribution in [1.29, 1.82) is 0 Å². The van der Waals surface area contributed by atoms with Crippen molar-refractivity contribution in [1.82, 2.24) is 0 Å². The van der Waals surface area contributed by atoms with Gasteiger partial charge in [0.05, 0.1) is 6.61 Å². The van der Waals surface area contributed by atoms with Gasteiger partial charge < -0.3 is 10.5 Å². The minimum Gasteiger partial charge on any atom is -0.366 e. The zero-order valence-electron chi connectivity index (χ0n) is 10.8. The normalized spacial score (nSPS) is 14.4. The number of rotatable bonds is 5. The van der Waals surface area contributed by atoms with E-state index in [0.717, 1.165) is 0 Å². The molecule has 0 saturated heterocycles. The van der Waals surface area contributed by atoms with E-state index in [9.17, 15) is 0 Å². The Labute approximate surface area is 112 Å². The topological polar surface area (TPSA) is 35.2 Å². The number of thiophene rings is 1. The van der Waals surface area contributed by atoms with E-state index in [-0.39, 0.29) is 12.1 Å². The Morgan fingerprint density at radius 2 is 1.89 bits per heavy atom. The molecule has 3 heteroatoms. The van der Waals surface area contributed by atoms with Gasteiger partial charge in [-0.15, -0.1) is 11.3 Å². The van der Waals surface area contributed by atoms with Crippen LogP contribution in [0, 0.1) is 6.92 Å². The molecule has 2 aromatic rings. The number of nitrogens with two attached hydrogens (primary N) is 1. The largest absolute Gasteiger partial charge is 0.366 e. The first-order valence-corrected chi connectivity index (χ1v) is 6.96. The third-order valence-corrected chi connectivity index (χ3v) is 3.85. The van der Waals surface area contributed by atoms with Crippen LogP contribution in [-0.2, 0) is 11.3 Å². The smallest absolute Gasteiger partial charge is 0.107 e. The van der Waals surface area contributed by atoms with Crippen LogP contribution in [0.15, 0.2) is 42.5 Å². The Morgan fingerprint density at radius 1 is 1.17 bits per heavy atom. The molecular formula is C15H19NOS. The lowest BCUT2D eigenvalue weighted by Gasteiger charge is -2.20. The van der Waals surface area contributed by atoms with E-state index in [1.807, 2.05) is 25.1 Å². The summed E-state index contributed by atoms with van der Waals surface area (Å²) in [6.45, 7) is 4.69. The maximum Gasteiger partial charge on any atom is 0.107 e. The summed E-state index contributed by atoms with van der Waals surface area (Å²) in [6, 6.07) is 14.4. The summed E-state index contributed by atoms with van der Waals surface area (Å²) < 4.78 is 5.97. The first-order chi connectivity index (χ1) is 8.66. The fraction of sp³-hybridized carbons (Fsp3) is 0.333. The first kappa shape index (κ1) is 13.3. The van der Waals surface area contributed by atoms with Crippen LogP contribution < -0.4 is 5.73 Å². The average Bonchev–Trinajstić information content (AvgIpc) is 2.77. The summed E-state index contributed by atoms with van der Waals surface area (Å²) in [5.41, 5.74) is 7.20. The van der Waals surface area contributed by atoms with Crippen LogP contribution in [-0.4, -0.2) is 6.04 Å². The second kappa shape index (κ2) is 6.14. The van der Waals surface area contributed by atoms with E-state index < -0.39 is 0 Å². The fourth-order valence-corrected chi connectivity index (χ4v) is 2.90. The highest BCUT2D eigenvalue weighted by atomic mass is 32.1. The molecule has 0 saturated carbocycles. The van der Waals surface area contributed by atoms with Crippen molar-refractivity contribution in [2.24, 2.45) is 5.73 Å². The second-order valence-corrected chi connectivity index (χ2v) is 5.84. The van der Waals surface area contributed by atoms with Crippen molar-refractivity contribution in [3.8, 4) is 0 Å². The lowest BCUT2D eigenvalue weighted by molar-refractivity contribution is 0.0282. The maximum absolute atomic E-state index is 6.02. The Kier molecular flexibility index (Phi) is 4.53. The van der Waals surface area contributed by atoms with Crippen LogP contribution in [0.25, 0.3) is 0 Å². The van der Waals surface area contributed by atoms with Gasteiger partial charge in [0.1, 0.15) is 6.10 Å². The highest BCUT2D eigenvalue weighted by Crippen LogP contribution is 2.28. The molecule has 0 aliphatic carbocycles. The van der Waals surface area contributed by atoms with Gasteiger partial charge in [0.15, 0.2) is 0 Å². The standard InChI is InChI=1S/C15H19NOS/c1-11-8-9-14(18-11)15(12(2)16)17-10-13-6-4-3-5-7-13/h3-9,12,15H,10,16H2,1-2H3. The molecule has 2 rings (SSSR count). The number of aryl methyl sites for hydroxylation is 1. The van der Waals surface area contributed by atoms with Gasteiger partial charge in [0, 0.05) is 15.8 Å². The predicted octanol–water partition coefficient (Wildman–Crippen LogP) is 3.66. The van der Waals surface area contributed by atoms with Gasteiger partial charge in [0.2, 0.25) is 0 Å². The molecule has 0 amide bonds. The summed E-state index contributed by atoms with van der Waals surface area (Å²) in [6.07, 6.45) is -0.0242. The Bertz CT molecular complexity index is 478. The van der Waals surface area contributed by atoms with E-state index in [4.69, 9.17) is 10.5 Å². The van der Waals surface area contributed by atoms with Gasteiger partial charge in [-0.2, -0.15) is 0 Å². The van der Waals surface area contributed by atoms with Gasteiger partial charge in [-0.25, -0.2) is 0 Å². The van der Waals surface area contributed by atoms with E-state index in [1.54, 1.807) is 11.3 Å². The molecule has 2 N–H and O–H groups in total. The van der Waals surface area contributed by atoms with Crippen molar-refractivity contribution in [2.45, 2.75) is 32.6 Å². The Morgan fingerprint density at radius 3 is 2.44 bits per heavy atom. The molecular weight excluding hydrogens is 242 g/mol. The zero-order valence-corrected chi connectivity index (χ0v) is 11.6. The second-order valence-electron chi connectivity index (χ2n) is 4.52. The van der Waals surface area contributed by atoms with Crippen molar-refractivity contribution in [3.05, 3.63) is 57.8 Å². The van der Waals surface area contributed by atoms with Gasteiger partial charge in [-0.05, 0) is 31.5 Å².